The summed E-state index contributed by atoms with van der Waals surface area (Å²) in [6, 6.07) is 13.4. The largest absolute Gasteiger partial charge is 0.506 e. The van der Waals surface area contributed by atoms with Gasteiger partial charge in [0.2, 0.25) is 0 Å². The number of phenolic OH excluding ortho intramolecular Hbond substituents is 1. The van der Waals surface area contributed by atoms with Gasteiger partial charge in [-0.3, -0.25) is 4.79 Å². The molecule has 9 nitrogen and oxygen atoms in total. The Kier molecular flexibility index (Phi) is 5.75. The van der Waals surface area contributed by atoms with E-state index in [1.54, 1.807) is 30.1 Å². The predicted octanol–water partition coefficient (Wildman–Crippen LogP) is 3.41. The smallest absolute Gasteiger partial charge is 0.257 e. The molecule has 1 aliphatic heterocycles. The highest BCUT2D eigenvalue weighted by Crippen LogP contribution is 2.34. The Bertz CT molecular complexity index is 1490. The summed E-state index contributed by atoms with van der Waals surface area (Å²) in [6.45, 7) is 4.30. The van der Waals surface area contributed by atoms with Crippen molar-refractivity contribution in [3.05, 3.63) is 77.2 Å². The van der Waals surface area contributed by atoms with Crippen LogP contribution in [-0.2, 0) is 12.8 Å². The molecule has 1 saturated heterocycles. The Morgan fingerprint density at radius 1 is 1.00 bits per heavy atom. The number of piperazine rings is 1. The van der Waals surface area contributed by atoms with E-state index in [0.717, 1.165) is 41.1 Å². The maximum Gasteiger partial charge on any atom is 0.257 e. The van der Waals surface area contributed by atoms with Crippen LogP contribution >= 0.6 is 0 Å². The highest BCUT2D eigenvalue weighted by molar-refractivity contribution is 5.95. The summed E-state index contributed by atoms with van der Waals surface area (Å²) in [4.78, 5) is 26.8. The summed E-state index contributed by atoms with van der Waals surface area (Å²) < 4.78 is 7.03. The van der Waals surface area contributed by atoms with Gasteiger partial charge in [0.15, 0.2) is 0 Å². The van der Waals surface area contributed by atoms with Crippen molar-refractivity contribution < 1.29 is 14.6 Å². The van der Waals surface area contributed by atoms with E-state index in [9.17, 15) is 9.90 Å². The molecule has 1 fully saturated rings. The molecule has 188 valence electrons. The van der Waals surface area contributed by atoms with Gasteiger partial charge in [-0.2, -0.15) is 5.10 Å². The van der Waals surface area contributed by atoms with Gasteiger partial charge in [-0.25, -0.2) is 14.6 Å². The first-order valence-electron chi connectivity index (χ1n) is 12.4. The third kappa shape index (κ3) is 4.06. The Hall–Kier alpha value is -4.40. The number of hydrogen-bond acceptors (Lipinski definition) is 7. The third-order valence-corrected chi connectivity index (χ3v) is 7.30. The summed E-state index contributed by atoms with van der Waals surface area (Å²) in [5, 5.41) is 14.7. The quantitative estimate of drug-likeness (QED) is 0.463. The number of methoxy groups -OCH3 is 1. The highest BCUT2D eigenvalue weighted by atomic mass is 16.5. The second kappa shape index (κ2) is 9.24. The number of carbonyl (C=O) groups is 1. The van der Waals surface area contributed by atoms with Crippen molar-refractivity contribution in [2.45, 2.75) is 19.8 Å². The average Bonchev–Trinajstić information content (AvgIpc) is 3.33. The summed E-state index contributed by atoms with van der Waals surface area (Å²) in [7, 11) is 1.67. The standard InChI is InChI=1S/C28H28N6O3/c1-18-23(27(36)33-13-11-32(12-14-33)24-5-3-4-6-25(24)35)17-30-34(18)28-29-16-20-8-7-19-15-21(37-2)9-10-22(19)26(20)31-28/h3-6,9-10,15-17,35H,7-8,11-14H2,1-2H3. The molecule has 0 atom stereocenters. The number of phenols is 1. The molecule has 0 radical (unpaired) electrons. The van der Waals surface area contributed by atoms with Gasteiger partial charge >= 0.3 is 0 Å². The third-order valence-electron chi connectivity index (χ3n) is 7.30. The fourth-order valence-electron chi connectivity index (χ4n) is 5.19. The molecular weight excluding hydrogens is 468 g/mol. The Morgan fingerprint density at radius 3 is 2.57 bits per heavy atom. The maximum atomic E-state index is 13.4. The van der Waals surface area contributed by atoms with Crippen molar-refractivity contribution in [1.82, 2.24) is 24.6 Å². The molecule has 1 aliphatic carbocycles. The minimum atomic E-state index is -0.0592. The molecule has 2 aliphatic rings. The van der Waals surface area contributed by atoms with E-state index < -0.39 is 0 Å². The van der Waals surface area contributed by atoms with Gasteiger partial charge in [0.05, 0.1) is 35.9 Å². The van der Waals surface area contributed by atoms with Crippen LogP contribution in [-0.4, -0.2) is 69.0 Å². The number of aryl methyl sites for hydroxylation is 2. The van der Waals surface area contributed by atoms with Gasteiger partial charge in [0.1, 0.15) is 11.5 Å². The van der Waals surface area contributed by atoms with Crippen LogP contribution in [0.3, 0.4) is 0 Å². The fraction of sp³-hybridized carbons (Fsp3) is 0.286. The van der Waals surface area contributed by atoms with Crippen molar-refractivity contribution in [2.75, 3.05) is 38.2 Å². The molecule has 9 heteroatoms. The topological polar surface area (TPSA) is 96.6 Å². The highest BCUT2D eigenvalue weighted by Gasteiger charge is 2.27. The molecule has 0 spiro atoms. The monoisotopic (exact) mass is 496 g/mol. The zero-order chi connectivity index (χ0) is 25.5. The number of para-hydroxylation sites is 2. The van der Waals surface area contributed by atoms with E-state index in [-0.39, 0.29) is 11.7 Å². The minimum Gasteiger partial charge on any atom is -0.506 e. The van der Waals surface area contributed by atoms with E-state index in [4.69, 9.17) is 9.72 Å². The molecule has 3 heterocycles. The molecule has 1 N–H and O–H groups in total. The normalized spacial score (nSPS) is 14.8. The Labute approximate surface area is 215 Å². The first-order valence-corrected chi connectivity index (χ1v) is 12.4. The zero-order valence-electron chi connectivity index (χ0n) is 20.9. The summed E-state index contributed by atoms with van der Waals surface area (Å²) in [5.41, 5.74) is 6.33. The number of rotatable bonds is 4. The fourth-order valence-corrected chi connectivity index (χ4v) is 5.19. The van der Waals surface area contributed by atoms with Gasteiger partial charge in [0, 0.05) is 37.9 Å². The Morgan fingerprint density at radius 2 is 1.78 bits per heavy atom. The minimum absolute atomic E-state index is 0.0592. The van der Waals surface area contributed by atoms with E-state index >= 15 is 0 Å². The van der Waals surface area contributed by atoms with Crippen molar-refractivity contribution in [2.24, 2.45) is 0 Å². The second-order valence-corrected chi connectivity index (χ2v) is 9.39. The van der Waals surface area contributed by atoms with Crippen molar-refractivity contribution in [1.29, 1.82) is 0 Å². The zero-order valence-corrected chi connectivity index (χ0v) is 20.9. The first-order chi connectivity index (χ1) is 18.0. The number of hydrogen-bond donors (Lipinski definition) is 1. The molecule has 0 unspecified atom stereocenters. The first kappa shape index (κ1) is 23.0. The van der Waals surface area contributed by atoms with Crippen LogP contribution in [0, 0.1) is 6.92 Å². The summed E-state index contributed by atoms with van der Waals surface area (Å²) in [6.07, 6.45) is 5.25. The summed E-state index contributed by atoms with van der Waals surface area (Å²) in [5.74, 6) is 1.48. The molecule has 2 aromatic heterocycles. The number of anilines is 1. The van der Waals surface area contributed by atoms with E-state index in [2.05, 4.69) is 21.0 Å². The lowest BCUT2D eigenvalue weighted by atomic mass is 9.90. The van der Waals surface area contributed by atoms with Crippen molar-refractivity contribution >= 4 is 11.6 Å². The molecule has 0 saturated carbocycles. The van der Waals surface area contributed by atoms with Gasteiger partial charge in [0.25, 0.3) is 11.9 Å². The number of ether oxygens (including phenoxy) is 1. The SMILES string of the molecule is COc1ccc2c(c1)CCc1cnc(-n3ncc(C(=O)N4CCN(c5ccccc5O)CC4)c3C)nc1-2. The van der Waals surface area contributed by atoms with Crippen LogP contribution in [0.4, 0.5) is 5.69 Å². The van der Waals surface area contributed by atoms with Crippen LogP contribution in [0.2, 0.25) is 0 Å². The lowest BCUT2D eigenvalue weighted by molar-refractivity contribution is 0.0746. The van der Waals surface area contributed by atoms with Crippen LogP contribution in [0.5, 0.6) is 11.5 Å². The number of nitrogens with zero attached hydrogens (tertiary/aromatic N) is 6. The maximum absolute atomic E-state index is 13.4. The molecule has 6 rings (SSSR count). The van der Waals surface area contributed by atoms with Crippen molar-refractivity contribution in [3.8, 4) is 28.7 Å². The molecule has 0 bridgehead atoms. The van der Waals surface area contributed by atoms with Crippen LogP contribution in [0.15, 0.2) is 54.9 Å². The molecule has 2 aromatic carbocycles. The molecule has 37 heavy (non-hydrogen) atoms. The van der Waals surface area contributed by atoms with E-state index in [1.807, 2.05) is 42.3 Å². The number of carbonyl (C=O) groups excluding carboxylic acids is 1. The number of benzene rings is 2. The number of aromatic nitrogens is 4. The van der Waals surface area contributed by atoms with Crippen LogP contribution < -0.4 is 9.64 Å². The molecule has 4 aromatic rings. The van der Waals surface area contributed by atoms with E-state index in [1.165, 1.54) is 5.56 Å². The van der Waals surface area contributed by atoms with Crippen LogP contribution in [0.1, 0.15) is 27.2 Å². The number of aromatic hydroxyl groups is 1. The molecule has 1 amide bonds. The van der Waals surface area contributed by atoms with Gasteiger partial charge in [-0.1, -0.05) is 12.1 Å². The lowest BCUT2D eigenvalue weighted by Gasteiger charge is -2.36. The van der Waals surface area contributed by atoms with Crippen molar-refractivity contribution in [3.63, 3.8) is 0 Å². The average molecular weight is 497 g/mol. The molecular formula is C28H28N6O3. The second-order valence-electron chi connectivity index (χ2n) is 9.39. The van der Waals surface area contributed by atoms with Crippen LogP contribution in [0.25, 0.3) is 17.2 Å². The van der Waals surface area contributed by atoms with Gasteiger partial charge in [-0.15, -0.1) is 0 Å². The number of amides is 1. The Balaban J connectivity index is 1.23. The predicted molar refractivity (Wildman–Crippen MR) is 140 cm³/mol. The van der Waals surface area contributed by atoms with Gasteiger partial charge in [-0.05, 0) is 61.2 Å². The lowest BCUT2D eigenvalue weighted by Crippen LogP contribution is -2.48. The summed E-state index contributed by atoms with van der Waals surface area (Å²) >= 11 is 0. The van der Waals surface area contributed by atoms with E-state index in [0.29, 0.717) is 43.4 Å². The number of fused-ring (bicyclic) bond motifs is 3. The van der Waals surface area contributed by atoms with Gasteiger partial charge < -0.3 is 19.6 Å².